The molecule has 0 aliphatic heterocycles. The van der Waals surface area contributed by atoms with Gasteiger partial charge in [0.15, 0.2) is 0 Å². The molecule has 0 heterocycles. The zero-order chi connectivity index (χ0) is 22.2. The molecular formula is C22H24O6S2. The number of thioether (sulfide) groups is 1. The van der Waals surface area contributed by atoms with E-state index in [1.165, 1.54) is 7.11 Å². The van der Waals surface area contributed by atoms with Crippen molar-refractivity contribution in [2.75, 3.05) is 13.4 Å². The Morgan fingerprint density at radius 3 is 1.77 bits per heavy atom. The van der Waals surface area contributed by atoms with E-state index in [-0.39, 0.29) is 0 Å². The summed E-state index contributed by atoms with van der Waals surface area (Å²) < 4.78 is 40.1. The normalized spacial score (nSPS) is 9.83. The Morgan fingerprint density at radius 1 is 0.900 bits per heavy atom. The van der Waals surface area contributed by atoms with Gasteiger partial charge in [-0.3, -0.25) is 4.74 Å². The predicted molar refractivity (Wildman–Crippen MR) is 119 cm³/mol. The molecular weight excluding hydrogens is 424 g/mol. The van der Waals surface area contributed by atoms with E-state index in [1.807, 2.05) is 54.8 Å². The van der Waals surface area contributed by atoms with Gasteiger partial charge >= 0.3 is 6.16 Å². The van der Waals surface area contributed by atoms with Crippen LogP contribution in [0.1, 0.15) is 5.56 Å². The standard InChI is InChI=1S/C9H10O3S.C7H8O3S.C6H6/c1-11-9(10)12-7-3-5-8(13-2)6-4-7;8-11(9,10)6-7-4-2-1-3-5-7;1-2-4-6-5-3-1/h3-6H,1-2H3;1-5H,6H2,(H,8,9,10);1-6H. The molecule has 0 bridgehead atoms. The van der Waals surface area contributed by atoms with Crippen molar-refractivity contribution in [3.63, 3.8) is 0 Å². The van der Waals surface area contributed by atoms with Gasteiger partial charge in [-0.1, -0.05) is 66.7 Å². The Balaban J connectivity index is 0.000000239. The van der Waals surface area contributed by atoms with Crippen molar-refractivity contribution in [1.82, 2.24) is 0 Å². The molecule has 0 fully saturated rings. The monoisotopic (exact) mass is 448 g/mol. The second-order valence-electron chi connectivity index (χ2n) is 5.59. The number of hydrogen-bond acceptors (Lipinski definition) is 6. The van der Waals surface area contributed by atoms with Crippen LogP contribution in [0.5, 0.6) is 5.75 Å². The number of ether oxygens (including phenoxy) is 2. The van der Waals surface area contributed by atoms with E-state index in [0.717, 1.165) is 4.90 Å². The van der Waals surface area contributed by atoms with Crippen LogP contribution in [-0.4, -0.2) is 37.3 Å². The summed E-state index contributed by atoms with van der Waals surface area (Å²) in [4.78, 5) is 10.0. The van der Waals surface area contributed by atoms with E-state index in [9.17, 15) is 13.0 Å². The fourth-order valence-electron chi connectivity index (χ4n) is 1.95. The van der Waals surface area contributed by atoms with Crippen LogP contribution in [0.3, 0.4) is 0 Å². The minimum Gasteiger partial charge on any atom is -0.748 e. The molecule has 0 saturated carbocycles. The quantitative estimate of drug-likeness (QED) is 0.194. The number of rotatable bonds is 4. The van der Waals surface area contributed by atoms with Gasteiger partial charge in [-0.15, -0.1) is 11.8 Å². The van der Waals surface area contributed by atoms with E-state index >= 15 is 0 Å². The zero-order valence-electron chi connectivity index (χ0n) is 16.7. The van der Waals surface area contributed by atoms with Crippen molar-refractivity contribution >= 4 is 28.0 Å². The number of hydrogen-bond donors (Lipinski definition) is 0. The van der Waals surface area contributed by atoms with E-state index in [2.05, 4.69) is 4.74 Å². The van der Waals surface area contributed by atoms with Crippen molar-refractivity contribution in [3.05, 3.63) is 96.6 Å². The van der Waals surface area contributed by atoms with Crippen molar-refractivity contribution in [2.45, 2.75) is 10.6 Å². The summed E-state index contributed by atoms with van der Waals surface area (Å²) >= 11 is 1.65. The SMILES string of the molecule is COC(=[OH+])Oc1ccc(SC)cc1.O=S(=O)([O-])Cc1ccccc1.c1ccccc1. The molecule has 8 heteroatoms. The van der Waals surface area contributed by atoms with Crippen molar-refractivity contribution in [1.29, 1.82) is 0 Å². The molecule has 3 rings (SSSR count). The molecule has 0 aliphatic rings. The maximum atomic E-state index is 10.2. The first-order valence-electron chi connectivity index (χ1n) is 8.73. The summed E-state index contributed by atoms with van der Waals surface area (Å²) in [7, 11) is -2.79. The molecule has 1 N–H and O–H groups in total. The maximum Gasteiger partial charge on any atom is 0.718 e. The van der Waals surface area contributed by atoms with Crippen LogP contribution in [-0.2, 0) is 20.6 Å². The predicted octanol–water partition coefficient (Wildman–Crippen LogP) is 4.31. The van der Waals surface area contributed by atoms with Gasteiger partial charge in [0.1, 0.15) is 7.11 Å². The molecule has 0 aromatic heterocycles. The van der Waals surface area contributed by atoms with E-state index in [4.69, 9.17) is 9.53 Å². The van der Waals surface area contributed by atoms with Crippen LogP contribution < -0.4 is 4.74 Å². The molecule has 30 heavy (non-hydrogen) atoms. The highest BCUT2D eigenvalue weighted by atomic mass is 32.2. The van der Waals surface area contributed by atoms with Crippen LogP contribution in [0.2, 0.25) is 0 Å². The highest BCUT2D eigenvalue weighted by Crippen LogP contribution is 2.18. The highest BCUT2D eigenvalue weighted by Gasteiger charge is 2.13. The Morgan fingerprint density at radius 2 is 1.37 bits per heavy atom. The lowest BCUT2D eigenvalue weighted by Crippen LogP contribution is -2.09. The van der Waals surface area contributed by atoms with Gasteiger partial charge in [0.25, 0.3) is 0 Å². The Kier molecular flexibility index (Phi) is 12.0. The molecule has 160 valence electrons. The Bertz CT molecular complexity index is 917. The number of benzene rings is 3. The molecule has 0 radical (unpaired) electrons. The first-order valence-corrected chi connectivity index (χ1v) is 11.5. The molecule has 3 aromatic rings. The Labute approximate surface area is 181 Å². The fraction of sp³-hybridized carbons (Fsp3) is 0.136. The topological polar surface area (TPSA) is 97.1 Å². The number of methoxy groups -OCH3 is 1. The third kappa shape index (κ3) is 12.6. The van der Waals surface area contributed by atoms with Gasteiger partial charge in [0.2, 0.25) is 5.75 Å². The smallest absolute Gasteiger partial charge is 0.718 e. The van der Waals surface area contributed by atoms with Gasteiger partial charge < -0.3 is 14.1 Å². The first-order chi connectivity index (χ1) is 14.3. The average molecular weight is 449 g/mol. The van der Waals surface area contributed by atoms with Crippen LogP contribution in [0, 0.1) is 0 Å². The summed E-state index contributed by atoms with van der Waals surface area (Å²) in [5.41, 5.74) is 0.530. The van der Waals surface area contributed by atoms with Crippen molar-refractivity contribution in [2.24, 2.45) is 0 Å². The van der Waals surface area contributed by atoms with Gasteiger partial charge in [0.05, 0.1) is 15.9 Å². The summed E-state index contributed by atoms with van der Waals surface area (Å²) in [6, 6.07) is 27.7. The van der Waals surface area contributed by atoms with Gasteiger partial charge in [-0.25, -0.2) is 8.42 Å². The third-order valence-electron chi connectivity index (χ3n) is 3.29. The second kappa shape index (κ2) is 14.2. The lowest BCUT2D eigenvalue weighted by molar-refractivity contribution is 0.247. The van der Waals surface area contributed by atoms with E-state index in [0.29, 0.717) is 11.3 Å². The summed E-state index contributed by atoms with van der Waals surface area (Å²) in [6.07, 6.45) is 1.55. The summed E-state index contributed by atoms with van der Waals surface area (Å²) in [5.74, 6) is 0.130. The Hall–Kier alpha value is -2.81. The van der Waals surface area contributed by atoms with Gasteiger partial charge in [-0.05, 0) is 24.0 Å². The molecule has 0 saturated heterocycles. The minimum atomic E-state index is -4.13. The molecule has 0 spiro atoms. The molecule has 6 nitrogen and oxygen atoms in total. The summed E-state index contributed by atoms with van der Waals surface area (Å²) in [5, 5.41) is 0. The van der Waals surface area contributed by atoms with Gasteiger partial charge in [0, 0.05) is 17.0 Å². The number of carbonyl (C=O) groups excluding carboxylic acids is 1. The van der Waals surface area contributed by atoms with E-state index in [1.54, 1.807) is 54.2 Å². The second-order valence-corrected chi connectivity index (χ2v) is 7.87. The summed E-state index contributed by atoms with van der Waals surface area (Å²) in [6.45, 7) is 0. The minimum absolute atomic E-state index is 0.423. The lowest BCUT2D eigenvalue weighted by atomic mass is 10.2. The lowest BCUT2D eigenvalue weighted by Gasteiger charge is -2.05. The molecule has 0 unspecified atom stereocenters. The molecule has 0 aliphatic carbocycles. The average Bonchev–Trinajstić information content (AvgIpc) is 2.76. The first kappa shape index (κ1) is 25.2. The molecule has 0 atom stereocenters. The van der Waals surface area contributed by atoms with Crippen LogP contribution in [0.25, 0.3) is 0 Å². The third-order valence-corrected chi connectivity index (χ3v) is 4.72. The van der Waals surface area contributed by atoms with Crippen LogP contribution in [0.15, 0.2) is 95.9 Å². The largest absolute Gasteiger partial charge is 0.748 e. The van der Waals surface area contributed by atoms with Crippen LogP contribution in [0.4, 0.5) is 0 Å². The van der Waals surface area contributed by atoms with Crippen LogP contribution >= 0.6 is 11.8 Å². The zero-order valence-corrected chi connectivity index (χ0v) is 18.3. The van der Waals surface area contributed by atoms with Crippen molar-refractivity contribution in [3.8, 4) is 5.75 Å². The van der Waals surface area contributed by atoms with E-state index < -0.39 is 22.0 Å². The molecule has 3 aromatic carbocycles. The fourth-order valence-corrected chi connectivity index (χ4v) is 2.96. The van der Waals surface area contributed by atoms with Crippen molar-refractivity contribution < 1.29 is 27.2 Å². The van der Waals surface area contributed by atoms with Gasteiger partial charge in [-0.2, -0.15) is 0 Å². The molecule has 0 amide bonds. The highest BCUT2D eigenvalue weighted by molar-refractivity contribution is 7.98. The maximum absolute atomic E-state index is 10.2.